The van der Waals surface area contributed by atoms with Crippen LogP contribution in [0.2, 0.25) is 0 Å². The molecule has 0 aromatic carbocycles. The van der Waals surface area contributed by atoms with Crippen LogP contribution in [0, 0.1) is 0 Å². The van der Waals surface area contributed by atoms with Crippen molar-refractivity contribution in [1.82, 2.24) is 0 Å². The minimum Gasteiger partial charge on any atom is -0.462 e. The highest BCUT2D eigenvalue weighted by molar-refractivity contribution is 7.47. The fourth-order valence-corrected chi connectivity index (χ4v) is 8.14. The van der Waals surface area contributed by atoms with Crippen molar-refractivity contribution in [2.24, 2.45) is 0 Å². The van der Waals surface area contributed by atoms with Gasteiger partial charge in [-0.15, -0.1) is 0 Å². The molecule has 0 radical (unpaired) electrons. The van der Waals surface area contributed by atoms with Gasteiger partial charge in [-0.2, -0.15) is 0 Å². The third-order valence-electron chi connectivity index (χ3n) is 11.7. The molecule has 0 aliphatic carbocycles. The first-order chi connectivity index (χ1) is 36.2. The van der Waals surface area contributed by atoms with Crippen molar-refractivity contribution in [3.8, 4) is 0 Å². The predicted octanol–water partition coefficient (Wildman–Crippen LogP) is 17.0. The second-order valence-electron chi connectivity index (χ2n) is 18.7. The normalized spacial score (nSPS) is 14.2. The predicted molar refractivity (Wildman–Crippen MR) is 307 cm³/mol. The van der Waals surface area contributed by atoms with Gasteiger partial charge in [-0.05, 0) is 109 Å². The van der Waals surface area contributed by atoms with Gasteiger partial charge in [0, 0.05) is 19.3 Å². The summed E-state index contributed by atoms with van der Waals surface area (Å²) in [6.07, 6.45) is 66.3. The van der Waals surface area contributed by atoms with Crippen LogP contribution in [0.1, 0.15) is 226 Å². The standard InChI is InChI=1S/C62H103O11P/c1-4-7-10-13-16-19-22-25-27-29-31-34-37-40-43-46-49-52-61(65)72-58(54-63)56-70-74(67,68)71-57-59(55-69-60(64)51-48-45-42-39-36-33-24-21-18-15-12-9-6-3)73-62(66)53-50-47-44-41-38-35-32-30-28-26-23-20-17-14-11-8-5-2/h8-9,11-12,16-21,25-28,33,36,42,45,58-59,63H,4-7,10,13-15,22-24,29-32,34-35,37-41,43-44,46-57H2,1-3H3,(H,67,68)/b11-8-,12-9-,19-16-,20-17-,21-18-,27-25-,28-26-,36-33-,45-42-. The fourth-order valence-electron chi connectivity index (χ4n) is 7.35. The molecule has 12 heteroatoms. The number of esters is 3. The minimum atomic E-state index is -4.77. The largest absolute Gasteiger partial charge is 0.472 e. The Kier molecular flexibility index (Phi) is 52.5. The number of rotatable bonds is 52. The van der Waals surface area contributed by atoms with Gasteiger partial charge in [0.05, 0.1) is 19.8 Å². The summed E-state index contributed by atoms with van der Waals surface area (Å²) >= 11 is 0. The lowest BCUT2D eigenvalue weighted by Crippen LogP contribution is -2.30. The Hall–Kier alpha value is -3.86. The molecule has 3 unspecified atom stereocenters. The average molecular weight is 1060 g/mol. The van der Waals surface area contributed by atoms with Crippen molar-refractivity contribution in [1.29, 1.82) is 0 Å². The van der Waals surface area contributed by atoms with Gasteiger partial charge in [0.25, 0.3) is 0 Å². The van der Waals surface area contributed by atoms with E-state index in [1.807, 2.05) is 12.2 Å². The van der Waals surface area contributed by atoms with Crippen molar-refractivity contribution >= 4 is 25.7 Å². The van der Waals surface area contributed by atoms with Crippen LogP contribution in [0.15, 0.2) is 109 Å². The van der Waals surface area contributed by atoms with Crippen molar-refractivity contribution in [2.45, 2.75) is 238 Å². The molecule has 74 heavy (non-hydrogen) atoms. The second-order valence-corrected chi connectivity index (χ2v) is 20.1. The molecule has 0 aliphatic rings. The number of hydrogen-bond donors (Lipinski definition) is 2. The Morgan fingerprint density at radius 1 is 0.392 bits per heavy atom. The first-order valence-electron chi connectivity index (χ1n) is 28.8. The number of phosphoric acid groups is 1. The molecule has 0 spiro atoms. The lowest BCUT2D eigenvalue weighted by atomic mass is 10.1. The van der Waals surface area contributed by atoms with Crippen molar-refractivity contribution in [2.75, 3.05) is 26.4 Å². The molecule has 0 fully saturated rings. The molecule has 0 aliphatic heterocycles. The Balaban J connectivity index is 4.78. The molecule has 0 aromatic rings. The van der Waals surface area contributed by atoms with E-state index in [1.54, 1.807) is 0 Å². The molecule has 0 bridgehead atoms. The maximum Gasteiger partial charge on any atom is 0.472 e. The van der Waals surface area contributed by atoms with E-state index < -0.39 is 57.8 Å². The number of ether oxygens (including phenoxy) is 3. The molecule has 0 aromatic heterocycles. The van der Waals surface area contributed by atoms with Crippen LogP contribution >= 0.6 is 7.82 Å². The van der Waals surface area contributed by atoms with E-state index in [1.165, 1.54) is 38.5 Å². The smallest absolute Gasteiger partial charge is 0.462 e. The minimum absolute atomic E-state index is 0.0978. The van der Waals surface area contributed by atoms with Gasteiger partial charge in [-0.25, -0.2) is 4.57 Å². The molecule has 3 atom stereocenters. The Morgan fingerprint density at radius 3 is 1.14 bits per heavy atom. The van der Waals surface area contributed by atoms with Crippen molar-refractivity contribution in [3.05, 3.63) is 109 Å². The van der Waals surface area contributed by atoms with Crippen molar-refractivity contribution < 1.29 is 52.2 Å². The molecule has 422 valence electrons. The van der Waals surface area contributed by atoms with E-state index in [9.17, 15) is 28.9 Å². The Labute approximate surface area is 450 Å². The van der Waals surface area contributed by atoms with Crippen LogP contribution in [-0.4, -0.2) is 66.5 Å². The molecule has 0 saturated heterocycles. The fraction of sp³-hybridized carbons (Fsp3) is 0.661. The van der Waals surface area contributed by atoms with Gasteiger partial charge < -0.3 is 24.2 Å². The lowest BCUT2D eigenvalue weighted by Gasteiger charge is -2.21. The summed E-state index contributed by atoms with van der Waals surface area (Å²) in [5.41, 5.74) is 0. The van der Waals surface area contributed by atoms with Crippen LogP contribution in [0.3, 0.4) is 0 Å². The topological polar surface area (TPSA) is 155 Å². The zero-order chi connectivity index (χ0) is 54.1. The van der Waals surface area contributed by atoms with Crippen LogP contribution < -0.4 is 0 Å². The molecule has 0 saturated carbocycles. The molecule has 0 amide bonds. The summed E-state index contributed by atoms with van der Waals surface area (Å²) in [6, 6.07) is 0. The number of carbonyl (C=O) groups excluding carboxylic acids is 3. The number of carbonyl (C=O) groups is 3. The number of unbranched alkanes of at least 4 members (excludes halogenated alkanes) is 17. The van der Waals surface area contributed by atoms with E-state index >= 15 is 0 Å². The third-order valence-corrected chi connectivity index (χ3v) is 12.6. The summed E-state index contributed by atoms with van der Waals surface area (Å²) < 4.78 is 39.4. The van der Waals surface area contributed by atoms with Gasteiger partial charge in [-0.1, -0.05) is 207 Å². The Morgan fingerprint density at radius 2 is 0.730 bits per heavy atom. The van der Waals surface area contributed by atoms with Gasteiger partial charge in [0.2, 0.25) is 0 Å². The van der Waals surface area contributed by atoms with Crippen LogP contribution in [0.4, 0.5) is 0 Å². The van der Waals surface area contributed by atoms with Crippen LogP contribution in [0.25, 0.3) is 0 Å². The number of aliphatic hydroxyl groups is 1. The van der Waals surface area contributed by atoms with E-state index in [2.05, 4.69) is 118 Å². The first kappa shape index (κ1) is 70.1. The molecule has 2 N–H and O–H groups in total. The maximum atomic E-state index is 12.9. The van der Waals surface area contributed by atoms with Crippen LogP contribution in [-0.2, 0) is 42.2 Å². The average Bonchev–Trinajstić information content (AvgIpc) is 3.39. The molecular weight excluding hydrogens is 952 g/mol. The zero-order valence-electron chi connectivity index (χ0n) is 46.5. The van der Waals surface area contributed by atoms with Gasteiger partial charge in [0.15, 0.2) is 6.10 Å². The maximum absolute atomic E-state index is 12.9. The SMILES string of the molecule is CC/C=C\C/C=C\C/C=C\C/C=C\CCC(=O)OCC(COP(=O)(O)OCC(CO)OC(=O)CCCCCCCCC/C=C\C/C=C\CCCCC)OC(=O)CCCCCCCCC/C=C\C/C=C\C/C=C\CC. The highest BCUT2D eigenvalue weighted by Crippen LogP contribution is 2.43. The highest BCUT2D eigenvalue weighted by Gasteiger charge is 2.28. The molecule has 0 rings (SSSR count). The third kappa shape index (κ3) is 53.0. The van der Waals surface area contributed by atoms with Gasteiger partial charge in [-0.3, -0.25) is 23.4 Å². The van der Waals surface area contributed by atoms with Crippen molar-refractivity contribution in [3.63, 3.8) is 0 Å². The second kappa shape index (κ2) is 55.4. The first-order valence-corrected chi connectivity index (χ1v) is 30.3. The lowest BCUT2D eigenvalue weighted by molar-refractivity contribution is -0.161. The van der Waals surface area contributed by atoms with E-state index in [4.69, 9.17) is 23.3 Å². The quantitative estimate of drug-likeness (QED) is 0.0197. The van der Waals surface area contributed by atoms with Gasteiger partial charge in [0.1, 0.15) is 12.7 Å². The summed E-state index contributed by atoms with van der Waals surface area (Å²) in [4.78, 5) is 48.5. The summed E-state index contributed by atoms with van der Waals surface area (Å²) in [6.45, 7) is 4.28. The Bertz CT molecular complexity index is 1660. The number of hydrogen-bond acceptors (Lipinski definition) is 10. The monoisotopic (exact) mass is 1050 g/mol. The number of aliphatic hydroxyl groups excluding tert-OH is 1. The zero-order valence-corrected chi connectivity index (χ0v) is 47.4. The molecular formula is C62H103O11P. The summed E-state index contributed by atoms with van der Waals surface area (Å²) in [7, 11) is -4.77. The summed E-state index contributed by atoms with van der Waals surface area (Å²) in [5.74, 6) is -1.59. The van der Waals surface area contributed by atoms with E-state index in [-0.39, 0.29) is 25.9 Å². The van der Waals surface area contributed by atoms with Gasteiger partial charge >= 0.3 is 25.7 Å². The van der Waals surface area contributed by atoms with E-state index in [0.717, 1.165) is 128 Å². The summed E-state index contributed by atoms with van der Waals surface area (Å²) in [5, 5.41) is 9.82. The number of allylic oxidation sites excluding steroid dienone is 18. The number of phosphoric ester groups is 1. The molecule has 0 heterocycles. The van der Waals surface area contributed by atoms with Crippen LogP contribution in [0.5, 0.6) is 0 Å². The van der Waals surface area contributed by atoms with E-state index in [0.29, 0.717) is 19.3 Å². The highest BCUT2D eigenvalue weighted by atomic mass is 31.2. The molecule has 11 nitrogen and oxygen atoms in total.